The third-order valence-corrected chi connectivity index (χ3v) is 3.54. The van der Waals surface area contributed by atoms with E-state index in [9.17, 15) is 9.59 Å². The average Bonchev–Trinajstić information content (AvgIpc) is 3.11. The van der Waals surface area contributed by atoms with Crippen molar-refractivity contribution in [1.82, 2.24) is 14.8 Å². The van der Waals surface area contributed by atoms with Gasteiger partial charge in [0.1, 0.15) is 6.54 Å². The maximum absolute atomic E-state index is 11.8. The minimum absolute atomic E-state index is 0.0844. The van der Waals surface area contributed by atoms with Crippen LogP contribution in [-0.2, 0) is 11.3 Å². The van der Waals surface area contributed by atoms with E-state index in [1.807, 2.05) is 0 Å². The van der Waals surface area contributed by atoms with E-state index >= 15 is 0 Å². The van der Waals surface area contributed by atoms with Gasteiger partial charge in [-0.15, -0.1) is 11.3 Å². The maximum Gasteiger partial charge on any atom is 0.267 e. The summed E-state index contributed by atoms with van der Waals surface area (Å²) in [7, 11) is 0. The number of nitrogens with zero attached hydrogens (tertiary/aromatic N) is 3. The minimum atomic E-state index is -0.294. The molecule has 0 aliphatic heterocycles. The summed E-state index contributed by atoms with van der Waals surface area (Å²) in [5.74, 6) is 0.159. The SMILES string of the molecule is O=C(Cn1nc(C2CC2)ccc1=O)Nc1nccs1. The van der Waals surface area contributed by atoms with Crippen LogP contribution in [0.25, 0.3) is 0 Å². The summed E-state index contributed by atoms with van der Waals surface area (Å²) in [6.45, 7) is -0.0844. The molecule has 1 saturated carbocycles. The van der Waals surface area contributed by atoms with Crippen molar-refractivity contribution in [3.63, 3.8) is 0 Å². The molecule has 2 heterocycles. The van der Waals surface area contributed by atoms with Crippen LogP contribution in [0.2, 0.25) is 0 Å². The molecule has 2 aromatic heterocycles. The van der Waals surface area contributed by atoms with Crippen LogP contribution in [0.1, 0.15) is 24.5 Å². The van der Waals surface area contributed by atoms with Crippen LogP contribution < -0.4 is 10.9 Å². The second kappa shape index (κ2) is 4.93. The van der Waals surface area contributed by atoms with E-state index in [1.54, 1.807) is 17.6 Å². The van der Waals surface area contributed by atoms with Gasteiger partial charge >= 0.3 is 0 Å². The largest absolute Gasteiger partial charge is 0.300 e. The Morgan fingerprint density at radius 3 is 3.00 bits per heavy atom. The molecule has 0 radical (unpaired) electrons. The first-order chi connectivity index (χ1) is 9.22. The summed E-state index contributed by atoms with van der Waals surface area (Å²) in [4.78, 5) is 27.4. The Morgan fingerprint density at radius 2 is 2.32 bits per heavy atom. The fourth-order valence-electron chi connectivity index (χ4n) is 1.75. The van der Waals surface area contributed by atoms with Gasteiger partial charge in [0.25, 0.3) is 5.56 Å². The standard InChI is InChI=1S/C12H12N4O2S/c17-10(14-12-13-5-6-19-12)7-16-11(18)4-3-9(15-16)8-1-2-8/h3-6,8H,1-2,7H2,(H,13,14,17). The zero-order valence-electron chi connectivity index (χ0n) is 10.1. The van der Waals surface area contributed by atoms with Gasteiger partial charge in [-0.25, -0.2) is 9.67 Å². The van der Waals surface area contributed by atoms with E-state index in [1.165, 1.54) is 22.1 Å². The molecule has 19 heavy (non-hydrogen) atoms. The number of anilines is 1. The van der Waals surface area contributed by atoms with Gasteiger partial charge < -0.3 is 5.32 Å². The third kappa shape index (κ3) is 2.87. The van der Waals surface area contributed by atoms with Crippen LogP contribution in [0.15, 0.2) is 28.5 Å². The Kier molecular flexibility index (Phi) is 3.12. The minimum Gasteiger partial charge on any atom is -0.300 e. The number of carbonyl (C=O) groups excluding carboxylic acids is 1. The van der Waals surface area contributed by atoms with Crippen molar-refractivity contribution in [2.75, 3.05) is 5.32 Å². The first-order valence-corrected chi connectivity index (χ1v) is 6.88. The molecule has 0 aromatic carbocycles. The lowest BCUT2D eigenvalue weighted by atomic mass is 10.3. The van der Waals surface area contributed by atoms with Crippen molar-refractivity contribution in [1.29, 1.82) is 0 Å². The molecule has 1 N–H and O–H groups in total. The smallest absolute Gasteiger partial charge is 0.267 e. The molecule has 1 amide bonds. The molecule has 98 valence electrons. The van der Waals surface area contributed by atoms with E-state index in [0.717, 1.165) is 18.5 Å². The zero-order chi connectivity index (χ0) is 13.2. The zero-order valence-corrected chi connectivity index (χ0v) is 10.9. The van der Waals surface area contributed by atoms with Crippen LogP contribution in [0.4, 0.5) is 5.13 Å². The predicted octanol–water partition coefficient (Wildman–Crippen LogP) is 1.22. The van der Waals surface area contributed by atoms with Crippen molar-refractivity contribution >= 4 is 22.4 Å². The summed E-state index contributed by atoms with van der Waals surface area (Å²) in [6.07, 6.45) is 3.82. The molecule has 2 aromatic rings. The molecule has 7 heteroatoms. The van der Waals surface area contributed by atoms with Gasteiger partial charge in [0.15, 0.2) is 5.13 Å². The van der Waals surface area contributed by atoms with Crippen molar-refractivity contribution in [2.45, 2.75) is 25.3 Å². The molecule has 0 saturated heterocycles. The summed E-state index contributed by atoms with van der Waals surface area (Å²) in [5.41, 5.74) is 0.625. The van der Waals surface area contributed by atoms with Gasteiger partial charge in [0, 0.05) is 23.6 Å². The highest BCUT2D eigenvalue weighted by atomic mass is 32.1. The number of nitrogens with one attached hydrogen (secondary N) is 1. The quantitative estimate of drug-likeness (QED) is 0.910. The van der Waals surface area contributed by atoms with E-state index in [0.29, 0.717) is 11.0 Å². The lowest BCUT2D eigenvalue weighted by Gasteiger charge is -2.06. The highest BCUT2D eigenvalue weighted by Gasteiger charge is 2.25. The Labute approximate surface area is 113 Å². The van der Waals surface area contributed by atoms with Gasteiger partial charge in [0.05, 0.1) is 5.69 Å². The monoisotopic (exact) mass is 276 g/mol. The maximum atomic E-state index is 11.8. The molecule has 0 atom stereocenters. The lowest BCUT2D eigenvalue weighted by Crippen LogP contribution is -2.29. The lowest BCUT2D eigenvalue weighted by molar-refractivity contribution is -0.117. The number of thiazole rings is 1. The van der Waals surface area contributed by atoms with Gasteiger partial charge in [-0.3, -0.25) is 9.59 Å². The summed E-state index contributed by atoms with van der Waals surface area (Å²) in [6, 6.07) is 3.21. The second-order valence-corrected chi connectivity index (χ2v) is 5.31. The fraction of sp³-hybridized carbons (Fsp3) is 0.333. The Hall–Kier alpha value is -2.02. The molecule has 1 aliphatic carbocycles. The first-order valence-electron chi connectivity index (χ1n) is 6.00. The fourth-order valence-corrected chi connectivity index (χ4v) is 2.30. The van der Waals surface area contributed by atoms with Crippen molar-refractivity contribution < 1.29 is 4.79 Å². The van der Waals surface area contributed by atoms with Gasteiger partial charge in [0.2, 0.25) is 5.91 Å². The Bertz CT molecular complexity index is 646. The van der Waals surface area contributed by atoms with Crippen molar-refractivity contribution in [3.05, 3.63) is 39.8 Å². The number of rotatable bonds is 4. The van der Waals surface area contributed by atoms with Gasteiger partial charge in [-0.05, 0) is 18.9 Å². The summed E-state index contributed by atoms with van der Waals surface area (Å²) < 4.78 is 1.20. The number of hydrogen-bond donors (Lipinski definition) is 1. The number of hydrogen-bond acceptors (Lipinski definition) is 5. The molecule has 1 aliphatic rings. The van der Waals surface area contributed by atoms with Crippen LogP contribution in [0, 0.1) is 0 Å². The third-order valence-electron chi connectivity index (χ3n) is 2.85. The Morgan fingerprint density at radius 1 is 1.47 bits per heavy atom. The number of amides is 1. The second-order valence-electron chi connectivity index (χ2n) is 4.41. The Balaban J connectivity index is 1.73. The molecule has 0 unspecified atom stereocenters. The normalized spacial score (nSPS) is 14.3. The van der Waals surface area contributed by atoms with Crippen molar-refractivity contribution in [3.8, 4) is 0 Å². The molecular weight excluding hydrogens is 264 g/mol. The predicted molar refractivity (Wildman–Crippen MR) is 71.2 cm³/mol. The summed E-state index contributed by atoms with van der Waals surface area (Å²) >= 11 is 1.33. The van der Waals surface area contributed by atoms with Gasteiger partial charge in [-0.1, -0.05) is 0 Å². The molecule has 0 spiro atoms. The molecular formula is C12H12N4O2S. The van der Waals surface area contributed by atoms with E-state index in [-0.39, 0.29) is 18.0 Å². The van der Waals surface area contributed by atoms with E-state index in [4.69, 9.17) is 0 Å². The van der Waals surface area contributed by atoms with Crippen LogP contribution in [0.5, 0.6) is 0 Å². The molecule has 3 rings (SSSR count). The van der Waals surface area contributed by atoms with E-state index in [2.05, 4.69) is 15.4 Å². The molecule has 1 fully saturated rings. The van der Waals surface area contributed by atoms with Crippen LogP contribution >= 0.6 is 11.3 Å². The highest BCUT2D eigenvalue weighted by Crippen LogP contribution is 2.38. The van der Waals surface area contributed by atoms with Gasteiger partial charge in [-0.2, -0.15) is 5.10 Å². The van der Waals surface area contributed by atoms with Crippen LogP contribution in [0.3, 0.4) is 0 Å². The first kappa shape index (κ1) is 12.0. The molecule has 6 nitrogen and oxygen atoms in total. The average molecular weight is 276 g/mol. The number of carbonyl (C=O) groups is 1. The van der Waals surface area contributed by atoms with Crippen LogP contribution in [-0.4, -0.2) is 20.7 Å². The van der Waals surface area contributed by atoms with Crippen molar-refractivity contribution in [2.24, 2.45) is 0 Å². The molecule has 0 bridgehead atoms. The number of aromatic nitrogens is 3. The topological polar surface area (TPSA) is 76.9 Å². The highest BCUT2D eigenvalue weighted by molar-refractivity contribution is 7.13. The van der Waals surface area contributed by atoms with E-state index < -0.39 is 0 Å². The summed E-state index contributed by atoms with van der Waals surface area (Å²) in [5, 5.41) is 9.16.